The summed E-state index contributed by atoms with van der Waals surface area (Å²) in [5, 5.41) is 3.13. The van der Waals surface area contributed by atoms with E-state index in [2.05, 4.69) is 10.1 Å². The van der Waals surface area contributed by atoms with Crippen molar-refractivity contribution in [2.75, 3.05) is 13.2 Å². The summed E-state index contributed by atoms with van der Waals surface area (Å²) in [6, 6.07) is 0. The number of nitrogens with one attached hydrogen (secondary N) is 1. The summed E-state index contributed by atoms with van der Waals surface area (Å²) in [6.45, 7) is 0.941. The Hall–Kier alpha value is -1.59. The Kier molecular flexibility index (Phi) is 4.46. The van der Waals surface area contributed by atoms with E-state index in [4.69, 9.17) is 4.74 Å². The quantitative estimate of drug-likeness (QED) is 0.561. The van der Waals surface area contributed by atoms with Gasteiger partial charge in [0.15, 0.2) is 0 Å². The van der Waals surface area contributed by atoms with Crippen LogP contribution in [0.4, 0.5) is 0 Å². The van der Waals surface area contributed by atoms with E-state index in [1.54, 1.807) is 0 Å². The molecule has 0 aromatic rings. The monoisotopic (exact) mass is 349 g/mol. The summed E-state index contributed by atoms with van der Waals surface area (Å²) in [5.74, 6) is 1.77. The Morgan fingerprint density at radius 1 is 1.08 bits per heavy atom. The molecule has 138 valence electrons. The first-order chi connectivity index (χ1) is 12.0. The van der Waals surface area contributed by atoms with Gasteiger partial charge in [-0.3, -0.25) is 9.59 Å². The van der Waals surface area contributed by atoms with Crippen LogP contribution in [0.1, 0.15) is 57.8 Å². The highest BCUT2D eigenvalue weighted by atomic mass is 16.6. The predicted molar refractivity (Wildman–Crippen MR) is 88.3 cm³/mol. The van der Waals surface area contributed by atoms with E-state index in [1.807, 2.05) is 0 Å². The Morgan fingerprint density at radius 3 is 2.24 bits per heavy atom. The first kappa shape index (κ1) is 16.9. The number of hydrogen-bond donors (Lipinski definition) is 1. The molecule has 6 nitrogen and oxygen atoms in total. The number of esters is 2. The van der Waals surface area contributed by atoms with Gasteiger partial charge in [-0.05, 0) is 69.1 Å². The zero-order valence-corrected chi connectivity index (χ0v) is 14.6. The van der Waals surface area contributed by atoms with Crippen LogP contribution in [-0.2, 0) is 23.9 Å². The van der Waals surface area contributed by atoms with Crippen LogP contribution in [0, 0.1) is 23.2 Å². The van der Waals surface area contributed by atoms with Crippen LogP contribution in [0.5, 0.6) is 0 Å². The topological polar surface area (TPSA) is 81.7 Å². The van der Waals surface area contributed by atoms with Crippen LogP contribution in [0.2, 0.25) is 0 Å². The largest absolute Gasteiger partial charge is 0.463 e. The molecule has 5 fully saturated rings. The summed E-state index contributed by atoms with van der Waals surface area (Å²) < 4.78 is 9.73. The fourth-order valence-corrected chi connectivity index (χ4v) is 5.70. The molecule has 0 spiro atoms. The van der Waals surface area contributed by atoms with E-state index in [0.717, 1.165) is 43.4 Å². The van der Waals surface area contributed by atoms with Crippen LogP contribution < -0.4 is 5.32 Å². The number of ether oxygens (including phenoxy) is 2. The van der Waals surface area contributed by atoms with Gasteiger partial charge in [-0.2, -0.15) is 0 Å². The summed E-state index contributed by atoms with van der Waals surface area (Å²) in [5.41, 5.74) is -0.0880. The third-order valence-corrected chi connectivity index (χ3v) is 6.51. The second-order valence-electron chi connectivity index (χ2n) is 8.51. The van der Waals surface area contributed by atoms with Gasteiger partial charge in [-0.15, -0.1) is 0 Å². The molecule has 6 heteroatoms. The lowest BCUT2D eigenvalue weighted by molar-refractivity contribution is -0.185. The lowest BCUT2D eigenvalue weighted by Gasteiger charge is -2.55. The molecule has 1 N–H and O–H groups in total. The molecule has 0 aromatic carbocycles. The van der Waals surface area contributed by atoms with E-state index in [9.17, 15) is 14.4 Å². The first-order valence-corrected chi connectivity index (χ1v) is 9.68. The van der Waals surface area contributed by atoms with Gasteiger partial charge in [0.2, 0.25) is 12.0 Å². The van der Waals surface area contributed by atoms with Crippen molar-refractivity contribution in [1.29, 1.82) is 0 Å². The van der Waals surface area contributed by atoms with Crippen molar-refractivity contribution < 1.29 is 23.9 Å². The molecular formula is C19H27NO5. The molecular weight excluding hydrogens is 322 g/mol. The number of carbonyl (C=O) groups excluding carboxylic acids is 3. The smallest absolute Gasteiger partial charge is 0.348 e. The lowest BCUT2D eigenvalue weighted by atomic mass is 9.49. The van der Waals surface area contributed by atoms with Crippen LogP contribution in [-0.4, -0.2) is 37.1 Å². The standard InChI is InChI=1S/C19H27NO5/c21-16-8-15(25-16)17(22)24-4-2-1-3-20-18(23)19-9-12-5-13(10-19)7-14(6-12)11-19/h12-15H,1-11H2,(H,20,23). The molecule has 4 bridgehead atoms. The van der Waals surface area contributed by atoms with E-state index < -0.39 is 12.1 Å². The molecule has 4 saturated carbocycles. The van der Waals surface area contributed by atoms with Crippen LogP contribution in [0.15, 0.2) is 0 Å². The van der Waals surface area contributed by atoms with Gasteiger partial charge in [-0.25, -0.2) is 4.79 Å². The Balaban J connectivity index is 1.13. The number of carbonyl (C=O) groups is 3. The first-order valence-electron chi connectivity index (χ1n) is 9.68. The van der Waals surface area contributed by atoms with Gasteiger partial charge < -0.3 is 14.8 Å². The maximum absolute atomic E-state index is 12.8. The molecule has 0 aromatic heterocycles. The SMILES string of the molecule is O=C1CC(C(=O)OCCCCNC(=O)C23CC4CC(CC(C4)C2)C3)O1. The van der Waals surface area contributed by atoms with Crippen molar-refractivity contribution in [2.24, 2.45) is 23.2 Å². The van der Waals surface area contributed by atoms with Crippen LogP contribution >= 0.6 is 0 Å². The second kappa shape index (κ2) is 6.61. The molecule has 1 saturated heterocycles. The minimum Gasteiger partial charge on any atom is -0.463 e. The maximum atomic E-state index is 12.8. The fraction of sp³-hybridized carbons (Fsp3) is 0.842. The molecule has 0 radical (unpaired) electrons. The fourth-order valence-electron chi connectivity index (χ4n) is 5.70. The van der Waals surface area contributed by atoms with Gasteiger partial charge in [-0.1, -0.05) is 0 Å². The van der Waals surface area contributed by atoms with Gasteiger partial charge in [0.05, 0.1) is 13.0 Å². The highest BCUT2D eigenvalue weighted by Crippen LogP contribution is 2.60. The van der Waals surface area contributed by atoms with E-state index in [-0.39, 0.29) is 23.7 Å². The summed E-state index contributed by atoms with van der Waals surface area (Å²) in [6.07, 6.45) is 8.19. The second-order valence-corrected chi connectivity index (χ2v) is 8.51. The Bertz CT molecular complexity index is 529. The Labute approximate surface area is 148 Å². The van der Waals surface area contributed by atoms with Crippen LogP contribution in [0.25, 0.3) is 0 Å². The molecule has 1 amide bonds. The number of hydrogen-bond acceptors (Lipinski definition) is 5. The predicted octanol–water partition coefficient (Wildman–Crippen LogP) is 1.96. The van der Waals surface area contributed by atoms with Gasteiger partial charge in [0.25, 0.3) is 0 Å². The summed E-state index contributed by atoms with van der Waals surface area (Å²) in [7, 11) is 0. The van der Waals surface area contributed by atoms with Crippen molar-refractivity contribution in [1.82, 2.24) is 5.32 Å². The molecule has 5 aliphatic rings. The van der Waals surface area contributed by atoms with E-state index >= 15 is 0 Å². The molecule has 1 aliphatic heterocycles. The number of cyclic esters (lactones) is 1. The zero-order chi connectivity index (χ0) is 17.4. The molecule has 5 rings (SSSR count). The van der Waals surface area contributed by atoms with E-state index in [1.165, 1.54) is 19.3 Å². The normalized spacial score (nSPS) is 38.0. The Morgan fingerprint density at radius 2 is 1.68 bits per heavy atom. The molecule has 4 aliphatic carbocycles. The van der Waals surface area contributed by atoms with Crippen molar-refractivity contribution >= 4 is 17.8 Å². The average Bonchev–Trinajstić information content (AvgIpc) is 2.53. The minimum absolute atomic E-state index is 0.0880. The molecule has 1 unspecified atom stereocenters. The van der Waals surface area contributed by atoms with Gasteiger partial charge in [0, 0.05) is 12.0 Å². The summed E-state index contributed by atoms with van der Waals surface area (Å²) in [4.78, 5) is 34.9. The maximum Gasteiger partial charge on any atom is 0.348 e. The highest BCUT2D eigenvalue weighted by molar-refractivity contribution is 5.89. The van der Waals surface area contributed by atoms with Crippen molar-refractivity contribution in [3.05, 3.63) is 0 Å². The number of amides is 1. The average molecular weight is 349 g/mol. The van der Waals surface area contributed by atoms with Gasteiger partial charge in [0.1, 0.15) is 0 Å². The molecule has 25 heavy (non-hydrogen) atoms. The van der Waals surface area contributed by atoms with Crippen molar-refractivity contribution in [2.45, 2.75) is 63.9 Å². The van der Waals surface area contributed by atoms with E-state index in [0.29, 0.717) is 19.6 Å². The summed E-state index contributed by atoms with van der Waals surface area (Å²) >= 11 is 0. The number of rotatable bonds is 7. The molecule has 1 atom stereocenters. The minimum atomic E-state index is -0.705. The molecule has 1 heterocycles. The zero-order valence-electron chi connectivity index (χ0n) is 14.6. The lowest BCUT2D eigenvalue weighted by Crippen LogP contribution is -2.53. The van der Waals surface area contributed by atoms with Gasteiger partial charge >= 0.3 is 11.9 Å². The third-order valence-electron chi connectivity index (χ3n) is 6.51. The van der Waals surface area contributed by atoms with Crippen molar-refractivity contribution in [3.8, 4) is 0 Å². The van der Waals surface area contributed by atoms with Crippen molar-refractivity contribution in [3.63, 3.8) is 0 Å². The van der Waals surface area contributed by atoms with Crippen LogP contribution in [0.3, 0.4) is 0 Å². The highest BCUT2D eigenvalue weighted by Gasteiger charge is 2.54. The third kappa shape index (κ3) is 3.40. The number of unbranched alkanes of at least 4 members (excludes halogenated alkanes) is 1.